The van der Waals surface area contributed by atoms with Crippen LogP contribution in [0.3, 0.4) is 0 Å². The van der Waals surface area contributed by atoms with Crippen LogP contribution in [0.15, 0.2) is 30.3 Å². The monoisotopic (exact) mass is 472 g/mol. The second-order valence-corrected chi connectivity index (χ2v) is 10.6. The number of halogens is 2. The van der Waals surface area contributed by atoms with E-state index in [9.17, 15) is 4.79 Å². The molecule has 0 saturated carbocycles. The number of hydrogen-bond acceptors (Lipinski definition) is 4. The van der Waals surface area contributed by atoms with Gasteiger partial charge in [-0.1, -0.05) is 25.4 Å². The summed E-state index contributed by atoms with van der Waals surface area (Å²) in [6.07, 6.45) is 2.40. The maximum Gasteiger partial charge on any atom is 0.407 e. The molecule has 2 bridgehead atoms. The molecule has 4 aliphatic rings. The van der Waals surface area contributed by atoms with Gasteiger partial charge in [0.2, 0.25) is 0 Å². The molecule has 3 fully saturated rings. The Morgan fingerprint density at radius 2 is 1.94 bits per heavy atom. The highest BCUT2D eigenvalue weighted by molar-refractivity contribution is 6.33. The number of nitrogens with zero attached hydrogens (tertiary/aromatic N) is 1. The van der Waals surface area contributed by atoms with Crippen molar-refractivity contribution in [1.82, 2.24) is 10.2 Å². The van der Waals surface area contributed by atoms with Gasteiger partial charge >= 0.3 is 6.09 Å². The minimum Gasteiger partial charge on any atom is -0.497 e. The third-order valence-electron chi connectivity index (χ3n) is 7.55. The lowest BCUT2D eigenvalue weighted by Crippen LogP contribution is -2.53. The number of ether oxygens (including phenoxy) is 2. The quantitative estimate of drug-likeness (QED) is 0.629. The van der Waals surface area contributed by atoms with Crippen LogP contribution in [-0.2, 0) is 11.2 Å². The molecule has 7 heteroatoms. The van der Waals surface area contributed by atoms with Crippen LogP contribution in [0, 0.1) is 17.2 Å². The van der Waals surface area contributed by atoms with Crippen LogP contribution in [0.1, 0.15) is 43.9 Å². The van der Waals surface area contributed by atoms with Crippen LogP contribution in [0.25, 0.3) is 11.1 Å². The van der Waals surface area contributed by atoms with Crippen molar-refractivity contribution in [3.05, 3.63) is 52.3 Å². The minimum atomic E-state index is -0.414. The molecule has 3 saturated heterocycles. The molecule has 2 atom stereocenters. The molecule has 33 heavy (non-hydrogen) atoms. The van der Waals surface area contributed by atoms with Crippen LogP contribution in [0.2, 0.25) is 5.02 Å². The first-order valence-corrected chi connectivity index (χ1v) is 12.0. The summed E-state index contributed by atoms with van der Waals surface area (Å²) in [5.41, 5.74) is 2.61. The molecule has 6 rings (SSSR count). The standard InChI is InChI=1S/C26H30ClFN2O3/c1-26(2)13-16-10-20(18-5-4-17(32-3)11-21(18)27)22(28)12-19(16)24(26)29-25(31)33-23-14-30-8-6-15(23)7-9-30/h4-5,10-12,15,23-24H,6-9,13-14H2,1-3H3,(H,29,31)/t23-,24+/m1/s1. The molecule has 2 aromatic carbocycles. The van der Waals surface area contributed by atoms with Gasteiger partial charge in [-0.3, -0.25) is 4.90 Å². The first-order chi connectivity index (χ1) is 15.7. The van der Waals surface area contributed by atoms with E-state index in [1.165, 1.54) is 0 Å². The summed E-state index contributed by atoms with van der Waals surface area (Å²) in [4.78, 5) is 15.2. The molecule has 0 spiro atoms. The Kier molecular flexibility index (Phi) is 5.78. The van der Waals surface area contributed by atoms with E-state index in [2.05, 4.69) is 24.1 Å². The lowest BCUT2D eigenvalue weighted by atomic mass is 9.85. The number of fused-ring (bicyclic) bond motifs is 4. The Bertz CT molecular complexity index is 1080. The van der Waals surface area contributed by atoms with Crippen molar-refractivity contribution in [3.63, 3.8) is 0 Å². The highest BCUT2D eigenvalue weighted by Gasteiger charge is 2.42. The van der Waals surface area contributed by atoms with E-state index in [0.717, 1.165) is 43.6 Å². The molecule has 0 radical (unpaired) electrons. The highest BCUT2D eigenvalue weighted by atomic mass is 35.5. The number of rotatable bonds is 4. The normalized spacial score (nSPS) is 27.2. The number of alkyl carbamates (subject to hydrolysis) is 1. The molecule has 1 N–H and O–H groups in total. The fourth-order valence-electron chi connectivity index (χ4n) is 5.72. The topological polar surface area (TPSA) is 50.8 Å². The van der Waals surface area contributed by atoms with Gasteiger partial charge in [0.1, 0.15) is 17.7 Å². The van der Waals surface area contributed by atoms with Crippen LogP contribution in [-0.4, -0.2) is 43.8 Å². The van der Waals surface area contributed by atoms with Crippen molar-refractivity contribution < 1.29 is 18.7 Å². The zero-order chi connectivity index (χ0) is 23.3. The van der Waals surface area contributed by atoms with Crippen molar-refractivity contribution in [1.29, 1.82) is 0 Å². The number of amides is 1. The first kappa shape index (κ1) is 22.5. The van der Waals surface area contributed by atoms with E-state index < -0.39 is 6.09 Å². The summed E-state index contributed by atoms with van der Waals surface area (Å²) >= 11 is 6.41. The largest absolute Gasteiger partial charge is 0.497 e. The van der Waals surface area contributed by atoms with E-state index in [4.69, 9.17) is 21.1 Å². The molecule has 3 heterocycles. The second-order valence-electron chi connectivity index (χ2n) is 10.2. The molecule has 3 aliphatic heterocycles. The van der Waals surface area contributed by atoms with Gasteiger partial charge < -0.3 is 14.8 Å². The van der Waals surface area contributed by atoms with Gasteiger partial charge in [0, 0.05) is 17.7 Å². The number of nitrogens with one attached hydrogen (secondary N) is 1. The molecule has 0 unspecified atom stereocenters. The Labute approximate surface area is 199 Å². The van der Waals surface area contributed by atoms with E-state index in [1.807, 2.05) is 6.07 Å². The zero-order valence-electron chi connectivity index (χ0n) is 19.3. The third-order valence-corrected chi connectivity index (χ3v) is 7.86. The van der Waals surface area contributed by atoms with E-state index in [1.54, 1.807) is 31.4 Å². The summed E-state index contributed by atoms with van der Waals surface area (Å²) in [5.74, 6) is 0.701. The molecule has 1 amide bonds. The predicted molar refractivity (Wildman–Crippen MR) is 126 cm³/mol. The highest BCUT2D eigenvalue weighted by Crippen LogP contribution is 2.47. The first-order valence-electron chi connectivity index (χ1n) is 11.6. The molecular formula is C26H30ClFN2O3. The number of carbonyl (C=O) groups is 1. The van der Waals surface area contributed by atoms with Crippen molar-refractivity contribution in [2.45, 2.75) is 45.3 Å². The van der Waals surface area contributed by atoms with Gasteiger partial charge in [0.25, 0.3) is 0 Å². The number of methoxy groups -OCH3 is 1. The fraction of sp³-hybridized carbons (Fsp3) is 0.500. The third kappa shape index (κ3) is 4.19. The number of carbonyl (C=O) groups excluding carboxylic acids is 1. The summed E-state index contributed by atoms with van der Waals surface area (Å²) in [7, 11) is 1.57. The molecule has 2 aromatic rings. The van der Waals surface area contributed by atoms with Gasteiger partial charge in [-0.05, 0) is 85.1 Å². The fourth-order valence-corrected chi connectivity index (χ4v) is 6.00. The molecule has 5 nitrogen and oxygen atoms in total. The maximum atomic E-state index is 15.3. The Hall–Kier alpha value is -2.31. The number of benzene rings is 2. The Morgan fingerprint density at radius 1 is 1.18 bits per heavy atom. The predicted octanol–water partition coefficient (Wildman–Crippen LogP) is 5.60. The van der Waals surface area contributed by atoms with Crippen LogP contribution < -0.4 is 10.1 Å². The maximum absolute atomic E-state index is 15.3. The summed E-state index contributed by atoms with van der Waals surface area (Å²) < 4.78 is 26.3. The molecular weight excluding hydrogens is 443 g/mol. The average molecular weight is 473 g/mol. The summed E-state index contributed by atoms with van der Waals surface area (Å²) in [6, 6.07) is 8.30. The van der Waals surface area contributed by atoms with Crippen LogP contribution in [0.5, 0.6) is 5.75 Å². The number of hydrogen-bond donors (Lipinski definition) is 1. The van der Waals surface area contributed by atoms with E-state index in [-0.39, 0.29) is 23.4 Å². The average Bonchev–Trinajstić information content (AvgIpc) is 3.03. The SMILES string of the molecule is COc1ccc(-c2cc3c(cc2F)[C@H](NC(=O)O[C@@H]2CN4CCC2CC4)C(C)(C)C3)c(Cl)c1. The summed E-state index contributed by atoms with van der Waals surface area (Å²) in [5, 5.41) is 3.49. The van der Waals surface area contributed by atoms with Gasteiger partial charge in [0.15, 0.2) is 0 Å². The Balaban J connectivity index is 1.38. The van der Waals surface area contributed by atoms with Crippen molar-refractivity contribution >= 4 is 17.7 Å². The smallest absolute Gasteiger partial charge is 0.407 e. The second kappa shape index (κ2) is 8.48. The Morgan fingerprint density at radius 3 is 2.58 bits per heavy atom. The zero-order valence-corrected chi connectivity index (χ0v) is 20.0. The molecule has 176 valence electrons. The van der Waals surface area contributed by atoms with Crippen molar-refractivity contribution in [2.75, 3.05) is 26.7 Å². The lowest BCUT2D eigenvalue weighted by molar-refractivity contribution is -0.0349. The molecule has 1 aliphatic carbocycles. The minimum absolute atomic E-state index is 0.0622. The van der Waals surface area contributed by atoms with Gasteiger partial charge in [-0.2, -0.15) is 0 Å². The van der Waals surface area contributed by atoms with Gasteiger partial charge in [0.05, 0.1) is 18.2 Å². The van der Waals surface area contributed by atoms with Crippen molar-refractivity contribution in [3.8, 4) is 16.9 Å². The van der Waals surface area contributed by atoms with Crippen LogP contribution in [0.4, 0.5) is 9.18 Å². The number of piperidine rings is 3. The van der Waals surface area contributed by atoms with E-state index in [0.29, 0.717) is 34.2 Å². The van der Waals surface area contributed by atoms with Crippen molar-refractivity contribution in [2.24, 2.45) is 11.3 Å². The molecule has 0 aromatic heterocycles. The van der Waals surface area contributed by atoms with Crippen LogP contribution >= 0.6 is 11.6 Å². The lowest BCUT2D eigenvalue weighted by Gasteiger charge is -2.44. The van der Waals surface area contributed by atoms with E-state index >= 15 is 4.39 Å². The van der Waals surface area contributed by atoms with Gasteiger partial charge in [-0.25, -0.2) is 9.18 Å². The van der Waals surface area contributed by atoms with Gasteiger partial charge in [-0.15, -0.1) is 0 Å². The summed E-state index contributed by atoms with van der Waals surface area (Å²) in [6.45, 7) is 7.17.